The molecule has 0 saturated heterocycles. The van der Waals surface area contributed by atoms with Gasteiger partial charge in [-0.2, -0.15) is 0 Å². The second-order valence-electron chi connectivity index (χ2n) is 19.4. The number of halogens is 2. The third-order valence-electron chi connectivity index (χ3n) is 15.0. The molecule has 18 heteroatoms. The fourth-order valence-electron chi connectivity index (χ4n) is 10.8. The lowest BCUT2D eigenvalue weighted by molar-refractivity contribution is -0.941. The summed E-state index contributed by atoms with van der Waals surface area (Å²) in [5.74, 6) is 5.81. The van der Waals surface area contributed by atoms with Crippen LogP contribution in [-0.4, -0.2) is 145 Å². The van der Waals surface area contributed by atoms with Crippen molar-refractivity contribution in [1.29, 1.82) is 0 Å². The number of ether oxygens (including phenoxy) is 12. The van der Waals surface area contributed by atoms with E-state index in [1.165, 1.54) is 22.3 Å². The molecule has 0 saturated carbocycles. The van der Waals surface area contributed by atoms with Crippen molar-refractivity contribution in [2.45, 2.75) is 76.3 Å². The topological polar surface area (TPSA) is 145 Å². The number of hydrogen-bond donors (Lipinski definition) is 0. The normalized spacial score (nSPS) is 18.4. The first-order chi connectivity index (χ1) is 35.7. The quantitative estimate of drug-likeness (QED) is 0.0356. The Morgan fingerprint density at radius 2 is 0.776 bits per heavy atom. The van der Waals surface area contributed by atoms with E-state index < -0.39 is 0 Å². The summed E-state index contributed by atoms with van der Waals surface area (Å²) in [6.07, 6.45) is 9.94. The van der Waals surface area contributed by atoms with Crippen molar-refractivity contribution in [3.63, 3.8) is 0 Å². The van der Waals surface area contributed by atoms with Gasteiger partial charge in [0.15, 0.2) is 46.0 Å². The maximum atomic E-state index is 12.9. The van der Waals surface area contributed by atoms with Crippen LogP contribution in [0.4, 0.5) is 0 Å². The molecule has 16 nitrogen and oxygen atoms in total. The van der Waals surface area contributed by atoms with Crippen molar-refractivity contribution in [1.82, 2.24) is 0 Å². The Kier molecular flexibility index (Phi) is 24.3. The van der Waals surface area contributed by atoms with Crippen molar-refractivity contribution < 1.29 is 100 Å². The van der Waals surface area contributed by atoms with E-state index >= 15 is 0 Å². The Morgan fingerprint density at radius 1 is 0.461 bits per heavy atom. The van der Waals surface area contributed by atoms with Crippen LogP contribution in [0.15, 0.2) is 60.7 Å². The number of allylic oxidation sites excluding steroid dienone is 2. The first kappa shape index (κ1) is 62.6. The summed E-state index contributed by atoms with van der Waals surface area (Å²) in [6.45, 7) is 4.02. The number of rotatable bonds is 28. The molecule has 0 N–H and O–H groups in total. The minimum Gasteiger partial charge on any atom is -1.00 e. The fraction of sp³-hybridized carbons (Fsp3) is 0.517. The van der Waals surface area contributed by atoms with E-state index in [-0.39, 0.29) is 61.7 Å². The molecule has 420 valence electrons. The second-order valence-corrected chi connectivity index (χ2v) is 19.4. The van der Waals surface area contributed by atoms with Crippen LogP contribution in [0.5, 0.6) is 57.5 Å². The van der Waals surface area contributed by atoms with Gasteiger partial charge in [-0.25, -0.2) is 0 Å². The van der Waals surface area contributed by atoms with E-state index in [2.05, 4.69) is 38.4 Å². The summed E-state index contributed by atoms with van der Waals surface area (Å²) in [7, 11) is 20.9. The molecule has 0 aliphatic carbocycles. The van der Waals surface area contributed by atoms with Crippen LogP contribution in [0.1, 0.15) is 84.0 Å². The number of carbonyl (C=O) groups is 2. The van der Waals surface area contributed by atoms with E-state index in [9.17, 15) is 9.59 Å². The first-order valence-corrected chi connectivity index (χ1v) is 25.5. The highest BCUT2D eigenvalue weighted by atomic mass is 35.5. The average molecular weight is 1100 g/mol. The molecule has 0 fully saturated rings. The maximum Gasteiger partial charge on any atom is 0.306 e. The standard InChI is InChI=1S/C58H80N2O14.2ClH/c1-59(25-21-41-35-47(63-3)49(65-5)37-43(41)45(59)29-39-31-51(67-7)57(71-11)52(32-39)68-8)23-17-27-73-55(61)19-15-13-14-16-20-56(62)74-28-18-24-60(2)26-22-42-36-48(64-4)50(66-6)38-44(42)46(60)30-40-33-53(69-9)58(72-12)54(34-40)70-10;;/h13-14,31-38,45-46H,15-30H2,1-12H3;2*1H/q+2;;/p-2/b14-13-;;. The molecule has 0 radical (unpaired) electrons. The van der Waals surface area contributed by atoms with Gasteiger partial charge in [0, 0.05) is 62.5 Å². The molecule has 0 bridgehead atoms. The third kappa shape index (κ3) is 15.0. The van der Waals surface area contributed by atoms with E-state index in [1.54, 1.807) is 71.1 Å². The highest BCUT2D eigenvalue weighted by molar-refractivity contribution is 5.70. The van der Waals surface area contributed by atoms with Crippen molar-refractivity contribution >= 4 is 11.9 Å². The minimum absolute atomic E-state index is 0. The Hall–Kier alpha value is -5.94. The molecule has 0 spiro atoms. The van der Waals surface area contributed by atoms with Gasteiger partial charge in [0.2, 0.25) is 11.5 Å². The lowest BCUT2D eigenvalue weighted by Crippen LogP contribution is -3.00. The molecular formula is C58H80Cl2N2O14. The van der Waals surface area contributed by atoms with Crippen molar-refractivity contribution in [3.8, 4) is 57.5 Å². The summed E-state index contributed by atoms with van der Waals surface area (Å²) in [4.78, 5) is 25.7. The van der Waals surface area contributed by atoms with E-state index in [4.69, 9.17) is 56.8 Å². The van der Waals surface area contributed by atoms with Gasteiger partial charge in [0.25, 0.3) is 0 Å². The molecule has 76 heavy (non-hydrogen) atoms. The zero-order valence-corrected chi connectivity index (χ0v) is 48.1. The zero-order chi connectivity index (χ0) is 53.4. The SMILES string of the molecule is COc1cc2c(cc1OC)C(Cc1cc(OC)c(OC)c(OC)c1)[N+](C)(CCCOC(=O)CC/C=C\CCC(=O)OCCC[N+]1(C)CCc3cc(OC)c(OC)cc3C1Cc1cc(OC)c(OC)c(OC)c1)CC2.[Cl-].[Cl-]. The van der Waals surface area contributed by atoms with Gasteiger partial charge in [-0.15, -0.1) is 0 Å². The van der Waals surface area contributed by atoms with Crippen molar-refractivity contribution in [2.24, 2.45) is 0 Å². The lowest BCUT2D eigenvalue weighted by atomic mass is 9.86. The van der Waals surface area contributed by atoms with Gasteiger partial charge in [0.05, 0.1) is 125 Å². The summed E-state index contributed by atoms with van der Waals surface area (Å²) in [6, 6.07) is 16.5. The minimum atomic E-state index is -0.246. The Balaban J connectivity index is 0.00000624. The maximum absolute atomic E-state index is 12.9. The third-order valence-corrected chi connectivity index (χ3v) is 15.0. The van der Waals surface area contributed by atoms with Crippen LogP contribution in [-0.2, 0) is 44.7 Å². The largest absolute Gasteiger partial charge is 1.00 e. The monoisotopic (exact) mass is 1100 g/mol. The molecule has 4 atom stereocenters. The summed E-state index contributed by atoms with van der Waals surface area (Å²) in [5, 5.41) is 0. The highest BCUT2D eigenvalue weighted by Gasteiger charge is 2.42. The van der Waals surface area contributed by atoms with Gasteiger partial charge >= 0.3 is 11.9 Å². The Morgan fingerprint density at radius 3 is 1.08 bits per heavy atom. The summed E-state index contributed by atoms with van der Waals surface area (Å²) >= 11 is 0. The molecule has 6 rings (SSSR count). The van der Waals surface area contributed by atoms with Crippen LogP contribution >= 0.6 is 0 Å². The number of fused-ring (bicyclic) bond motifs is 2. The molecular weight excluding hydrogens is 1020 g/mol. The fourth-order valence-corrected chi connectivity index (χ4v) is 10.8. The molecule has 4 aromatic rings. The van der Waals surface area contributed by atoms with Crippen molar-refractivity contribution in [3.05, 3.63) is 94.1 Å². The molecule has 2 heterocycles. The predicted octanol–water partition coefficient (Wildman–Crippen LogP) is 3.04. The Bertz CT molecular complexity index is 2350. The van der Waals surface area contributed by atoms with E-state index in [0.717, 1.165) is 59.1 Å². The highest BCUT2D eigenvalue weighted by Crippen LogP contribution is 2.47. The predicted molar refractivity (Wildman–Crippen MR) is 282 cm³/mol. The average Bonchev–Trinajstić information content (AvgIpc) is 3.42. The van der Waals surface area contributed by atoms with Crippen LogP contribution in [0.3, 0.4) is 0 Å². The number of likely N-dealkylation sites (N-methyl/N-ethyl adjacent to an activating group) is 2. The zero-order valence-electron chi connectivity index (χ0n) is 46.6. The number of hydrogen-bond acceptors (Lipinski definition) is 14. The van der Waals surface area contributed by atoms with Crippen molar-refractivity contribution in [2.75, 3.05) is 125 Å². The number of benzene rings is 4. The molecule has 4 unspecified atom stereocenters. The van der Waals surface area contributed by atoms with Crippen LogP contribution in [0.25, 0.3) is 0 Å². The molecule has 0 amide bonds. The van der Waals surface area contributed by atoms with Gasteiger partial charge in [-0.3, -0.25) is 9.59 Å². The number of nitrogens with zero attached hydrogens (tertiary/aromatic N) is 2. The van der Waals surface area contributed by atoms with Gasteiger partial charge in [0.1, 0.15) is 12.1 Å². The van der Waals surface area contributed by atoms with Crippen LogP contribution in [0.2, 0.25) is 0 Å². The second kappa shape index (κ2) is 29.5. The first-order valence-electron chi connectivity index (χ1n) is 25.5. The molecule has 2 aliphatic rings. The number of methoxy groups -OCH3 is 10. The smallest absolute Gasteiger partial charge is 0.306 e. The van der Waals surface area contributed by atoms with E-state index in [1.807, 2.05) is 36.4 Å². The van der Waals surface area contributed by atoms with Crippen LogP contribution < -0.4 is 72.2 Å². The molecule has 2 aliphatic heterocycles. The van der Waals surface area contributed by atoms with Crippen LogP contribution in [0, 0.1) is 0 Å². The Labute approximate surface area is 462 Å². The molecule has 4 aromatic carbocycles. The lowest BCUT2D eigenvalue weighted by Gasteiger charge is -2.46. The van der Waals surface area contributed by atoms with E-state index in [0.29, 0.717) is 109 Å². The van der Waals surface area contributed by atoms with Gasteiger partial charge in [-0.1, -0.05) is 12.2 Å². The molecule has 0 aromatic heterocycles. The summed E-state index contributed by atoms with van der Waals surface area (Å²) < 4.78 is 69.8. The van der Waals surface area contributed by atoms with Gasteiger partial charge in [-0.05, 0) is 83.6 Å². The number of quaternary nitrogens is 2. The number of carbonyl (C=O) groups excluding carboxylic acids is 2. The van der Waals surface area contributed by atoms with Gasteiger partial charge < -0.3 is 90.6 Å². The number of esters is 2. The summed E-state index contributed by atoms with van der Waals surface area (Å²) in [5.41, 5.74) is 6.93.